The average molecular weight is 242 g/mol. The highest BCUT2D eigenvalue weighted by Crippen LogP contribution is 2.35. The Morgan fingerprint density at radius 3 is 2.94 bits per heavy atom. The number of hydrogen-bond donors (Lipinski definition) is 1. The van der Waals surface area contributed by atoms with Crippen LogP contribution in [-0.4, -0.2) is 18.8 Å². The van der Waals surface area contributed by atoms with Crippen molar-refractivity contribution in [2.45, 2.75) is 20.3 Å². The Kier molecular flexibility index (Phi) is 2.92. The van der Waals surface area contributed by atoms with Gasteiger partial charge in [0.1, 0.15) is 11.4 Å². The summed E-state index contributed by atoms with van der Waals surface area (Å²) in [7, 11) is 0. The first-order chi connectivity index (χ1) is 8.75. The highest BCUT2D eigenvalue weighted by Gasteiger charge is 2.24. The Bertz CT molecular complexity index is 529. The highest BCUT2D eigenvalue weighted by atomic mass is 16.5. The van der Waals surface area contributed by atoms with E-state index in [1.807, 2.05) is 24.3 Å². The van der Waals surface area contributed by atoms with E-state index in [2.05, 4.69) is 19.2 Å². The van der Waals surface area contributed by atoms with Crippen LogP contribution in [0.2, 0.25) is 0 Å². The molecule has 1 aromatic rings. The van der Waals surface area contributed by atoms with Gasteiger partial charge >= 0.3 is 0 Å². The molecule has 0 aromatic heterocycles. The zero-order valence-electron chi connectivity index (χ0n) is 10.9. The number of ether oxygens (including phenoxy) is 1. The average Bonchev–Trinajstić information content (AvgIpc) is 2.55. The van der Waals surface area contributed by atoms with Crippen LogP contribution in [-0.2, 0) is 0 Å². The molecule has 1 aromatic carbocycles. The van der Waals surface area contributed by atoms with E-state index in [-0.39, 0.29) is 0 Å². The molecule has 94 valence electrons. The summed E-state index contributed by atoms with van der Waals surface area (Å²) in [5, 5.41) is 3.36. The van der Waals surface area contributed by atoms with Crippen molar-refractivity contribution in [1.29, 1.82) is 0 Å². The van der Waals surface area contributed by atoms with Gasteiger partial charge in [-0.25, -0.2) is 4.99 Å². The minimum Gasteiger partial charge on any atom is -0.458 e. The first kappa shape index (κ1) is 11.5. The third kappa shape index (κ3) is 1.95. The van der Waals surface area contributed by atoms with E-state index < -0.39 is 0 Å². The topological polar surface area (TPSA) is 33.6 Å². The van der Waals surface area contributed by atoms with Gasteiger partial charge in [-0.05, 0) is 31.0 Å². The molecular formula is C15H18N2O. The summed E-state index contributed by atoms with van der Waals surface area (Å²) in [6, 6.07) is 8.00. The van der Waals surface area contributed by atoms with Crippen LogP contribution < -0.4 is 10.1 Å². The smallest absolute Gasteiger partial charge is 0.152 e. The molecule has 0 unspecified atom stereocenters. The van der Waals surface area contributed by atoms with E-state index in [0.29, 0.717) is 5.92 Å². The summed E-state index contributed by atoms with van der Waals surface area (Å²) in [4.78, 5) is 4.83. The maximum Gasteiger partial charge on any atom is 0.152 e. The summed E-state index contributed by atoms with van der Waals surface area (Å²) in [5.74, 6) is 2.32. The third-order valence-corrected chi connectivity index (χ3v) is 3.37. The molecule has 18 heavy (non-hydrogen) atoms. The standard InChI is InChI=1S/C15H18N2O/c1-10(2)15-11-7-8-16-9-14(11)18-13-6-4-3-5-12(13)17-15/h3-6,10,16H,7-9H2,1-2H3. The van der Waals surface area contributed by atoms with E-state index >= 15 is 0 Å². The number of hydrogen-bond acceptors (Lipinski definition) is 3. The zero-order valence-corrected chi connectivity index (χ0v) is 10.9. The lowest BCUT2D eigenvalue weighted by atomic mass is 9.94. The minimum absolute atomic E-state index is 0.419. The van der Waals surface area contributed by atoms with Gasteiger partial charge in [0.25, 0.3) is 0 Å². The van der Waals surface area contributed by atoms with Crippen LogP contribution in [0.25, 0.3) is 0 Å². The van der Waals surface area contributed by atoms with Crippen molar-refractivity contribution in [1.82, 2.24) is 5.32 Å². The third-order valence-electron chi connectivity index (χ3n) is 3.37. The largest absolute Gasteiger partial charge is 0.458 e. The van der Waals surface area contributed by atoms with E-state index in [4.69, 9.17) is 9.73 Å². The maximum atomic E-state index is 6.04. The molecule has 3 nitrogen and oxygen atoms in total. The normalized spacial score (nSPS) is 18.7. The lowest BCUT2D eigenvalue weighted by Crippen LogP contribution is -2.30. The zero-order chi connectivity index (χ0) is 12.5. The van der Waals surface area contributed by atoms with E-state index in [0.717, 1.165) is 36.7 Å². The van der Waals surface area contributed by atoms with Gasteiger partial charge < -0.3 is 10.1 Å². The Balaban J connectivity index is 2.15. The Morgan fingerprint density at radius 1 is 1.28 bits per heavy atom. The molecule has 0 saturated carbocycles. The SMILES string of the molecule is CC(C)C1=Nc2ccccc2OC2=C1CCNC2. The van der Waals surface area contributed by atoms with Gasteiger partial charge in [0.05, 0.1) is 12.3 Å². The second-order valence-electron chi connectivity index (χ2n) is 5.05. The Labute approximate surface area is 108 Å². The van der Waals surface area contributed by atoms with Crippen molar-refractivity contribution in [3.05, 3.63) is 35.6 Å². The van der Waals surface area contributed by atoms with Gasteiger partial charge in [-0.15, -0.1) is 0 Å². The molecule has 0 radical (unpaired) electrons. The minimum atomic E-state index is 0.419. The van der Waals surface area contributed by atoms with Gasteiger partial charge in [0, 0.05) is 5.57 Å². The van der Waals surface area contributed by atoms with Crippen molar-refractivity contribution < 1.29 is 4.74 Å². The van der Waals surface area contributed by atoms with E-state index in [1.54, 1.807) is 0 Å². The summed E-state index contributed by atoms with van der Waals surface area (Å²) in [6.07, 6.45) is 1.00. The van der Waals surface area contributed by atoms with Crippen molar-refractivity contribution >= 4 is 11.4 Å². The fourth-order valence-electron chi connectivity index (χ4n) is 2.47. The maximum absolute atomic E-state index is 6.04. The summed E-state index contributed by atoms with van der Waals surface area (Å²) in [6.45, 7) is 6.19. The van der Waals surface area contributed by atoms with Crippen LogP contribution >= 0.6 is 0 Å². The number of rotatable bonds is 1. The summed E-state index contributed by atoms with van der Waals surface area (Å²) >= 11 is 0. The number of nitrogens with zero attached hydrogens (tertiary/aromatic N) is 1. The Morgan fingerprint density at radius 2 is 2.11 bits per heavy atom. The van der Waals surface area contributed by atoms with Crippen molar-refractivity contribution in [3.63, 3.8) is 0 Å². The molecule has 0 spiro atoms. The molecule has 2 aliphatic heterocycles. The van der Waals surface area contributed by atoms with Gasteiger partial charge in [-0.3, -0.25) is 0 Å². The van der Waals surface area contributed by atoms with E-state index in [1.165, 1.54) is 11.3 Å². The van der Waals surface area contributed by atoms with Gasteiger partial charge in [-0.2, -0.15) is 0 Å². The van der Waals surface area contributed by atoms with Gasteiger partial charge in [0.2, 0.25) is 0 Å². The first-order valence-corrected chi connectivity index (χ1v) is 6.54. The molecule has 3 rings (SSSR count). The monoisotopic (exact) mass is 242 g/mol. The number of fused-ring (bicyclic) bond motifs is 1. The summed E-state index contributed by atoms with van der Waals surface area (Å²) in [5.41, 5.74) is 3.41. The number of benzene rings is 1. The quantitative estimate of drug-likeness (QED) is 0.821. The lowest BCUT2D eigenvalue weighted by molar-refractivity contribution is 0.389. The fraction of sp³-hybridized carbons (Fsp3) is 0.400. The number of nitrogens with one attached hydrogen (secondary N) is 1. The predicted octanol–water partition coefficient (Wildman–Crippen LogP) is 3.05. The fourth-order valence-corrected chi connectivity index (χ4v) is 2.47. The van der Waals surface area contributed by atoms with Crippen LogP contribution in [0.1, 0.15) is 20.3 Å². The molecule has 0 aliphatic carbocycles. The van der Waals surface area contributed by atoms with E-state index in [9.17, 15) is 0 Å². The van der Waals surface area contributed by atoms with Crippen LogP contribution in [0, 0.1) is 5.92 Å². The van der Waals surface area contributed by atoms with Crippen LogP contribution in [0.4, 0.5) is 5.69 Å². The van der Waals surface area contributed by atoms with Crippen LogP contribution in [0.15, 0.2) is 40.6 Å². The van der Waals surface area contributed by atoms with Gasteiger partial charge in [-0.1, -0.05) is 26.0 Å². The van der Waals surface area contributed by atoms with Crippen molar-refractivity contribution in [2.24, 2.45) is 10.9 Å². The highest BCUT2D eigenvalue weighted by molar-refractivity contribution is 6.04. The molecule has 0 saturated heterocycles. The predicted molar refractivity (Wildman–Crippen MR) is 73.5 cm³/mol. The Hall–Kier alpha value is -1.61. The molecule has 3 heteroatoms. The molecule has 0 amide bonds. The lowest BCUT2D eigenvalue weighted by Gasteiger charge is -2.22. The molecule has 0 atom stereocenters. The number of para-hydroxylation sites is 2. The van der Waals surface area contributed by atoms with Crippen LogP contribution in [0.5, 0.6) is 5.75 Å². The number of aliphatic imine (C=N–C) groups is 1. The van der Waals surface area contributed by atoms with Crippen molar-refractivity contribution in [2.75, 3.05) is 13.1 Å². The molecule has 2 heterocycles. The molecule has 0 bridgehead atoms. The second kappa shape index (κ2) is 4.58. The molecule has 2 aliphatic rings. The molecule has 0 fully saturated rings. The summed E-state index contributed by atoms with van der Waals surface area (Å²) < 4.78 is 6.04. The van der Waals surface area contributed by atoms with Crippen molar-refractivity contribution in [3.8, 4) is 5.75 Å². The van der Waals surface area contributed by atoms with Gasteiger partial charge in [0.15, 0.2) is 5.75 Å². The van der Waals surface area contributed by atoms with Crippen LogP contribution in [0.3, 0.4) is 0 Å². The first-order valence-electron chi connectivity index (χ1n) is 6.54. The molecule has 1 N–H and O–H groups in total. The second-order valence-corrected chi connectivity index (χ2v) is 5.05. The molecular weight excluding hydrogens is 224 g/mol.